The van der Waals surface area contributed by atoms with Crippen molar-refractivity contribution in [1.29, 1.82) is 0 Å². The van der Waals surface area contributed by atoms with Gasteiger partial charge in [-0.1, -0.05) is 35.6 Å². The Morgan fingerprint density at radius 1 is 1.18 bits per heavy atom. The zero-order valence-electron chi connectivity index (χ0n) is 12.5. The summed E-state index contributed by atoms with van der Waals surface area (Å²) in [7, 11) is 0. The number of nitrogens with zero attached hydrogens (tertiary/aromatic N) is 2. The Labute approximate surface area is 133 Å². The number of fused-ring (bicyclic) bond motifs is 1. The van der Waals surface area contributed by atoms with Gasteiger partial charge in [-0.2, -0.15) is 5.10 Å². The number of hydrazone groups is 1. The van der Waals surface area contributed by atoms with Crippen molar-refractivity contribution in [1.82, 2.24) is 4.98 Å². The monoisotopic (exact) mass is 311 g/mol. The number of nitrogens with one attached hydrogen (secondary N) is 1. The predicted molar refractivity (Wildman–Crippen MR) is 93.0 cm³/mol. The van der Waals surface area contributed by atoms with Crippen LogP contribution in [-0.4, -0.2) is 17.3 Å². The standard InChI is InChI=1S/C17H17N3OS/c1-12(2)21-14-7-5-6-13(10-14)11-18-20-17-19-15-8-3-4-9-16(15)22-17/h3-12H,1-2H3,(H,19,20)/b18-11-. The minimum atomic E-state index is 0.160. The van der Waals surface area contributed by atoms with E-state index in [9.17, 15) is 0 Å². The molecule has 0 radical (unpaired) electrons. The maximum atomic E-state index is 5.67. The minimum absolute atomic E-state index is 0.160. The molecule has 0 fully saturated rings. The highest BCUT2D eigenvalue weighted by Crippen LogP contribution is 2.25. The summed E-state index contributed by atoms with van der Waals surface area (Å²) in [5, 5.41) is 5.03. The Morgan fingerprint density at radius 3 is 2.86 bits per heavy atom. The van der Waals surface area contributed by atoms with Crippen LogP contribution in [0.15, 0.2) is 53.6 Å². The normalized spacial score (nSPS) is 11.4. The lowest BCUT2D eigenvalue weighted by molar-refractivity contribution is 0.242. The summed E-state index contributed by atoms with van der Waals surface area (Å²) in [6.45, 7) is 4.02. The lowest BCUT2D eigenvalue weighted by Crippen LogP contribution is -2.05. The van der Waals surface area contributed by atoms with Crippen LogP contribution in [0.5, 0.6) is 5.75 Å². The molecule has 0 aliphatic carbocycles. The number of aromatic nitrogens is 1. The summed E-state index contributed by atoms with van der Waals surface area (Å²) in [4.78, 5) is 4.47. The van der Waals surface area contributed by atoms with Crippen molar-refractivity contribution in [3.63, 3.8) is 0 Å². The van der Waals surface area contributed by atoms with Crippen molar-refractivity contribution in [2.75, 3.05) is 5.43 Å². The van der Waals surface area contributed by atoms with Crippen molar-refractivity contribution in [2.45, 2.75) is 20.0 Å². The van der Waals surface area contributed by atoms with E-state index in [1.54, 1.807) is 17.6 Å². The van der Waals surface area contributed by atoms with E-state index in [2.05, 4.69) is 21.6 Å². The Morgan fingerprint density at radius 2 is 2.05 bits per heavy atom. The second-order valence-electron chi connectivity index (χ2n) is 5.10. The van der Waals surface area contributed by atoms with Gasteiger partial charge in [0.25, 0.3) is 0 Å². The molecule has 4 nitrogen and oxygen atoms in total. The highest BCUT2D eigenvalue weighted by atomic mass is 32.1. The number of anilines is 1. The fourth-order valence-corrected chi connectivity index (χ4v) is 2.84. The number of thiazole rings is 1. The summed E-state index contributed by atoms with van der Waals surface area (Å²) in [6, 6.07) is 15.9. The number of para-hydroxylation sites is 1. The highest BCUT2D eigenvalue weighted by Gasteiger charge is 2.01. The molecule has 3 aromatic rings. The van der Waals surface area contributed by atoms with Gasteiger partial charge in [0.1, 0.15) is 5.75 Å². The van der Waals surface area contributed by atoms with Gasteiger partial charge < -0.3 is 4.74 Å². The molecule has 5 heteroatoms. The van der Waals surface area contributed by atoms with Crippen LogP contribution in [0.25, 0.3) is 10.2 Å². The van der Waals surface area contributed by atoms with Crippen LogP contribution in [0.1, 0.15) is 19.4 Å². The topological polar surface area (TPSA) is 46.5 Å². The third-order valence-electron chi connectivity index (χ3n) is 2.90. The van der Waals surface area contributed by atoms with Gasteiger partial charge in [0.2, 0.25) is 5.13 Å². The fraction of sp³-hybridized carbons (Fsp3) is 0.176. The average molecular weight is 311 g/mol. The molecule has 0 spiro atoms. The van der Waals surface area contributed by atoms with E-state index in [4.69, 9.17) is 4.74 Å². The van der Waals surface area contributed by atoms with Crippen LogP contribution in [0.3, 0.4) is 0 Å². The largest absolute Gasteiger partial charge is 0.491 e. The molecular formula is C17H17N3OS. The zero-order valence-corrected chi connectivity index (χ0v) is 13.3. The number of rotatable bonds is 5. The van der Waals surface area contributed by atoms with E-state index in [0.717, 1.165) is 26.7 Å². The van der Waals surface area contributed by atoms with E-state index in [-0.39, 0.29) is 6.10 Å². The quantitative estimate of drug-likeness (QED) is 0.556. The highest BCUT2D eigenvalue weighted by molar-refractivity contribution is 7.22. The molecule has 0 saturated carbocycles. The Balaban J connectivity index is 1.69. The first kappa shape index (κ1) is 14.5. The molecule has 0 unspecified atom stereocenters. The molecule has 1 aromatic heterocycles. The Bertz CT molecular complexity index is 762. The summed E-state index contributed by atoms with van der Waals surface area (Å²) in [5.41, 5.74) is 4.94. The lowest BCUT2D eigenvalue weighted by Gasteiger charge is -2.09. The van der Waals surface area contributed by atoms with Crippen molar-refractivity contribution in [2.24, 2.45) is 5.10 Å². The minimum Gasteiger partial charge on any atom is -0.491 e. The Kier molecular flexibility index (Phi) is 4.34. The van der Waals surface area contributed by atoms with Gasteiger partial charge >= 0.3 is 0 Å². The van der Waals surface area contributed by atoms with Gasteiger partial charge in [-0.3, -0.25) is 5.43 Å². The number of benzene rings is 2. The van der Waals surface area contributed by atoms with Gasteiger partial charge in [-0.05, 0) is 43.7 Å². The van der Waals surface area contributed by atoms with Gasteiger partial charge in [0.15, 0.2) is 0 Å². The third-order valence-corrected chi connectivity index (χ3v) is 3.84. The van der Waals surface area contributed by atoms with E-state index in [1.165, 1.54) is 0 Å². The van der Waals surface area contributed by atoms with E-state index in [0.29, 0.717) is 0 Å². The van der Waals surface area contributed by atoms with Crippen molar-refractivity contribution >= 4 is 32.9 Å². The smallest absolute Gasteiger partial charge is 0.204 e. The van der Waals surface area contributed by atoms with E-state index >= 15 is 0 Å². The van der Waals surface area contributed by atoms with Crippen LogP contribution >= 0.6 is 11.3 Å². The van der Waals surface area contributed by atoms with Gasteiger partial charge in [-0.25, -0.2) is 4.98 Å². The van der Waals surface area contributed by atoms with Crippen LogP contribution in [0.2, 0.25) is 0 Å². The van der Waals surface area contributed by atoms with Crippen LogP contribution in [0.4, 0.5) is 5.13 Å². The summed E-state index contributed by atoms with van der Waals surface area (Å²) < 4.78 is 6.81. The molecule has 1 N–H and O–H groups in total. The predicted octanol–water partition coefficient (Wildman–Crippen LogP) is 4.53. The second-order valence-corrected chi connectivity index (χ2v) is 6.13. The zero-order chi connectivity index (χ0) is 15.4. The summed E-state index contributed by atoms with van der Waals surface area (Å²) >= 11 is 1.58. The van der Waals surface area contributed by atoms with E-state index in [1.807, 2.05) is 56.3 Å². The van der Waals surface area contributed by atoms with Gasteiger partial charge in [-0.15, -0.1) is 0 Å². The molecule has 0 atom stereocenters. The summed E-state index contributed by atoms with van der Waals surface area (Å²) in [6.07, 6.45) is 1.92. The second kappa shape index (κ2) is 6.58. The van der Waals surface area contributed by atoms with Crippen LogP contribution in [0, 0.1) is 0 Å². The summed E-state index contributed by atoms with van der Waals surface area (Å²) in [5.74, 6) is 0.846. The molecule has 0 aliphatic rings. The molecule has 22 heavy (non-hydrogen) atoms. The number of hydrogen-bond acceptors (Lipinski definition) is 5. The molecule has 2 aromatic carbocycles. The molecule has 1 heterocycles. The fourth-order valence-electron chi connectivity index (χ4n) is 2.02. The molecule has 3 rings (SSSR count). The molecule has 112 valence electrons. The van der Waals surface area contributed by atoms with Crippen LogP contribution < -0.4 is 10.2 Å². The SMILES string of the molecule is CC(C)Oc1cccc(/C=N\Nc2nc3ccccc3s2)c1. The first-order chi connectivity index (χ1) is 10.7. The van der Waals surface area contributed by atoms with Crippen molar-refractivity contribution in [3.8, 4) is 5.75 Å². The molecule has 0 bridgehead atoms. The van der Waals surface area contributed by atoms with Crippen LogP contribution in [-0.2, 0) is 0 Å². The van der Waals surface area contributed by atoms with Gasteiger partial charge in [0.05, 0.1) is 22.5 Å². The van der Waals surface area contributed by atoms with Crippen molar-refractivity contribution in [3.05, 3.63) is 54.1 Å². The first-order valence-electron chi connectivity index (χ1n) is 7.12. The third kappa shape index (κ3) is 3.62. The lowest BCUT2D eigenvalue weighted by atomic mass is 10.2. The Hall–Kier alpha value is -2.40. The molecule has 0 saturated heterocycles. The van der Waals surface area contributed by atoms with Crippen molar-refractivity contribution < 1.29 is 4.74 Å². The molecule has 0 amide bonds. The molecular weight excluding hydrogens is 294 g/mol. The number of hydrogen-bond donors (Lipinski definition) is 1. The first-order valence-corrected chi connectivity index (χ1v) is 7.94. The maximum Gasteiger partial charge on any atom is 0.204 e. The molecule has 0 aliphatic heterocycles. The van der Waals surface area contributed by atoms with E-state index < -0.39 is 0 Å². The van der Waals surface area contributed by atoms with Gasteiger partial charge in [0, 0.05) is 0 Å². The number of ether oxygens (including phenoxy) is 1. The maximum absolute atomic E-state index is 5.67. The average Bonchev–Trinajstić information content (AvgIpc) is 2.89.